The molecule has 0 atom stereocenters. The number of hydrogen-bond acceptors (Lipinski definition) is 5. The minimum Gasteiger partial charge on any atom is -0.451 e. The lowest BCUT2D eigenvalue weighted by atomic mass is 10.1. The monoisotopic (exact) mass is 447 g/mol. The van der Waals surface area contributed by atoms with E-state index in [1.807, 2.05) is 0 Å². The van der Waals surface area contributed by atoms with Crippen LogP contribution in [0.25, 0.3) is 10.8 Å². The second-order valence-corrected chi connectivity index (χ2v) is 6.73. The molecule has 0 aliphatic carbocycles. The van der Waals surface area contributed by atoms with Crippen molar-refractivity contribution < 1.29 is 23.8 Å². The molecule has 0 bridgehead atoms. The zero-order valence-corrected chi connectivity index (χ0v) is 16.7. The van der Waals surface area contributed by atoms with Gasteiger partial charge in [0.1, 0.15) is 10.8 Å². The number of fused-ring (bicyclic) bond motifs is 1. The third kappa shape index (κ3) is 4.23. The van der Waals surface area contributed by atoms with Crippen molar-refractivity contribution in [2.24, 2.45) is 0 Å². The summed E-state index contributed by atoms with van der Waals surface area (Å²) in [4.78, 5) is 23.2. The number of esters is 2. The van der Waals surface area contributed by atoms with E-state index in [0.29, 0.717) is 21.0 Å². The van der Waals surface area contributed by atoms with Gasteiger partial charge in [-0.05, 0) is 12.1 Å². The maximum atomic E-state index is 11.7. The van der Waals surface area contributed by atoms with Crippen LogP contribution in [-0.4, -0.2) is 11.9 Å². The van der Waals surface area contributed by atoms with E-state index in [1.165, 1.54) is 13.8 Å². The molecular weight excluding hydrogens is 436 g/mol. The molecule has 0 amide bonds. The SMILES string of the molecule is CC(=O)Oc1c(Cl)c(Oc2[c]c(Br)ccc2)c(OC(C)=O)c2ccccc12. The standard InChI is InChI=1S/C20H13BrClO5/c1-11(23)25-18-15-8-3-4-9-16(15)19(26-12(2)24)20(17(18)22)27-14-7-5-6-13(21)10-14/h3-9H,1-2H3. The third-order valence-corrected chi connectivity index (χ3v) is 4.26. The van der Waals surface area contributed by atoms with Crippen molar-refractivity contribution in [2.45, 2.75) is 13.8 Å². The molecule has 0 saturated carbocycles. The summed E-state index contributed by atoms with van der Waals surface area (Å²) in [6.07, 6.45) is 0. The Morgan fingerprint density at radius 2 is 1.48 bits per heavy atom. The second kappa shape index (κ2) is 7.98. The van der Waals surface area contributed by atoms with Crippen LogP contribution in [0.15, 0.2) is 46.9 Å². The van der Waals surface area contributed by atoms with E-state index in [1.54, 1.807) is 42.5 Å². The van der Waals surface area contributed by atoms with Gasteiger partial charge >= 0.3 is 11.9 Å². The minimum absolute atomic E-state index is 0.00789. The highest BCUT2D eigenvalue weighted by Gasteiger charge is 2.24. The quantitative estimate of drug-likeness (QED) is 0.378. The lowest BCUT2D eigenvalue weighted by molar-refractivity contribution is -0.133. The Hall–Kier alpha value is -2.57. The molecule has 0 aliphatic rings. The number of halogens is 2. The smallest absolute Gasteiger partial charge is 0.308 e. The number of carbonyl (C=O) groups excluding carboxylic acids is 2. The molecule has 0 aliphatic heterocycles. The lowest BCUT2D eigenvalue weighted by Gasteiger charge is -2.18. The van der Waals surface area contributed by atoms with Crippen molar-refractivity contribution in [3.63, 3.8) is 0 Å². The highest BCUT2D eigenvalue weighted by atomic mass is 79.9. The number of carbonyl (C=O) groups is 2. The van der Waals surface area contributed by atoms with Gasteiger partial charge in [-0.3, -0.25) is 9.59 Å². The average Bonchev–Trinajstić information content (AvgIpc) is 2.61. The Morgan fingerprint density at radius 1 is 0.889 bits per heavy atom. The second-order valence-electron chi connectivity index (χ2n) is 5.50. The first-order valence-electron chi connectivity index (χ1n) is 7.83. The minimum atomic E-state index is -0.542. The summed E-state index contributed by atoms with van der Waals surface area (Å²) in [6, 6.07) is 15.1. The van der Waals surface area contributed by atoms with E-state index in [0.717, 1.165) is 0 Å². The van der Waals surface area contributed by atoms with Crippen LogP contribution in [-0.2, 0) is 9.59 Å². The molecule has 0 spiro atoms. The van der Waals surface area contributed by atoms with E-state index in [9.17, 15) is 9.59 Å². The van der Waals surface area contributed by atoms with E-state index in [-0.39, 0.29) is 22.3 Å². The summed E-state index contributed by atoms with van der Waals surface area (Å²) >= 11 is 9.81. The lowest BCUT2D eigenvalue weighted by Crippen LogP contribution is -2.07. The van der Waals surface area contributed by atoms with Crippen molar-refractivity contribution in [3.05, 3.63) is 58.0 Å². The van der Waals surface area contributed by atoms with Crippen molar-refractivity contribution in [3.8, 4) is 23.0 Å². The molecule has 0 N–H and O–H groups in total. The van der Waals surface area contributed by atoms with Gasteiger partial charge in [-0.2, -0.15) is 0 Å². The molecule has 0 unspecified atom stereocenters. The largest absolute Gasteiger partial charge is 0.451 e. The Morgan fingerprint density at radius 3 is 2.07 bits per heavy atom. The molecule has 3 aromatic carbocycles. The van der Waals surface area contributed by atoms with Crippen LogP contribution in [0, 0.1) is 6.07 Å². The molecule has 0 aromatic heterocycles. The van der Waals surface area contributed by atoms with Crippen LogP contribution in [0.1, 0.15) is 13.8 Å². The molecule has 27 heavy (non-hydrogen) atoms. The van der Waals surface area contributed by atoms with Crippen LogP contribution in [0.4, 0.5) is 0 Å². The normalized spacial score (nSPS) is 10.5. The van der Waals surface area contributed by atoms with Crippen LogP contribution in [0.2, 0.25) is 5.02 Å². The zero-order chi connectivity index (χ0) is 19.6. The molecule has 3 aromatic rings. The van der Waals surface area contributed by atoms with Crippen LogP contribution < -0.4 is 14.2 Å². The Labute approximate surface area is 168 Å². The van der Waals surface area contributed by atoms with Crippen LogP contribution in [0.3, 0.4) is 0 Å². The topological polar surface area (TPSA) is 61.8 Å². The first-order valence-corrected chi connectivity index (χ1v) is 9.00. The summed E-state index contributed by atoms with van der Waals surface area (Å²) in [5.41, 5.74) is 0. The fraction of sp³-hybridized carbons (Fsp3) is 0.100. The summed E-state index contributed by atoms with van der Waals surface area (Å²) < 4.78 is 17.2. The summed E-state index contributed by atoms with van der Waals surface area (Å²) in [7, 11) is 0. The van der Waals surface area contributed by atoms with Crippen molar-refractivity contribution >= 4 is 50.2 Å². The predicted octanol–water partition coefficient (Wildman–Crippen LogP) is 5.70. The van der Waals surface area contributed by atoms with Gasteiger partial charge in [-0.1, -0.05) is 57.9 Å². The van der Waals surface area contributed by atoms with E-state index < -0.39 is 11.9 Å². The molecule has 0 heterocycles. The maximum Gasteiger partial charge on any atom is 0.308 e. The molecule has 7 heteroatoms. The molecule has 0 saturated heterocycles. The summed E-state index contributed by atoms with van der Waals surface area (Å²) in [5.74, 6) is -0.435. The van der Waals surface area contributed by atoms with Gasteiger partial charge in [0.05, 0.1) is 0 Å². The number of rotatable bonds is 4. The molecular formula is C20H13BrClO5. The fourth-order valence-electron chi connectivity index (χ4n) is 2.49. The first-order chi connectivity index (χ1) is 12.9. The Kier molecular flexibility index (Phi) is 5.68. The molecule has 3 rings (SSSR count). The predicted molar refractivity (Wildman–Crippen MR) is 105 cm³/mol. The van der Waals surface area contributed by atoms with Gasteiger partial charge in [0, 0.05) is 35.2 Å². The van der Waals surface area contributed by atoms with Gasteiger partial charge in [0.25, 0.3) is 0 Å². The molecule has 0 fully saturated rings. The number of ether oxygens (including phenoxy) is 3. The fourth-order valence-corrected chi connectivity index (χ4v) is 3.11. The van der Waals surface area contributed by atoms with Gasteiger partial charge in [0.2, 0.25) is 0 Å². The van der Waals surface area contributed by atoms with E-state index >= 15 is 0 Å². The van der Waals surface area contributed by atoms with Gasteiger partial charge in [0.15, 0.2) is 17.2 Å². The van der Waals surface area contributed by atoms with Crippen molar-refractivity contribution in [2.75, 3.05) is 0 Å². The van der Waals surface area contributed by atoms with E-state index in [2.05, 4.69) is 22.0 Å². The maximum absolute atomic E-state index is 11.7. The average molecular weight is 449 g/mol. The van der Waals surface area contributed by atoms with Gasteiger partial charge in [-0.15, -0.1) is 0 Å². The summed E-state index contributed by atoms with van der Waals surface area (Å²) in [5, 5.41) is 1.03. The number of benzene rings is 3. The van der Waals surface area contributed by atoms with Crippen LogP contribution in [0.5, 0.6) is 23.0 Å². The molecule has 5 nitrogen and oxygen atoms in total. The van der Waals surface area contributed by atoms with Gasteiger partial charge < -0.3 is 14.2 Å². The van der Waals surface area contributed by atoms with Crippen LogP contribution >= 0.6 is 27.5 Å². The third-order valence-electron chi connectivity index (χ3n) is 3.46. The highest BCUT2D eigenvalue weighted by molar-refractivity contribution is 9.10. The van der Waals surface area contributed by atoms with Gasteiger partial charge in [-0.25, -0.2) is 0 Å². The van der Waals surface area contributed by atoms with E-state index in [4.69, 9.17) is 25.8 Å². The molecule has 137 valence electrons. The Balaban J connectivity index is 2.29. The summed E-state index contributed by atoms with van der Waals surface area (Å²) in [6.45, 7) is 2.55. The Bertz CT molecular complexity index is 1050. The van der Waals surface area contributed by atoms with Crippen molar-refractivity contribution in [1.82, 2.24) is 0 Å². The number of hydrogen-bond donors (Lipinski definition) is 0. The first kappa shape index (κ1) is 19.2. The van der Waals surface area contributed by atoms with Crippen molar-refractivity contribution in [1.29, 1.82) is 0 Å². The molecule has 1 radical (unpaired) electrons. The highest BCUT2D eigenvalue weighted by Crippen LogP contribution is 2.50. The zero-order valence-electron chi connectivity index (χ0n) is 14.3.